The number of benzene rings is 2. The Hall–Kier alpha value is -2.07. The summed E-state index contributed by atoms with van der Waals surface area (Å²) in [5, 5.41) is 10.2. The molecule has 0 bridgehead atoms. The van der Waals surface area contributed by atoms with Crippen molar-refractivity contribution in [1.29, 1.82) is 0 Å². The lowest BCUT2D eigenvalue weighted by Gasteiger charge is -2.11. The molecule has 1 unspecified atom stereocenters. The van der Waals surface area contributed by atoms with Crippen LogP contribution in [0.25, 0.3) is 0 Å². The van der Waals surface area contributed by atoms with Gasteiger partial charge >= 0.3 is 0 Å². The first-order chi connectivity index (χ1) is 9.22. The second-order valence-corrected chi connectivity index (χ2v) is 4.46. The maximum Gasteiger partial charge on any atom is 0.231 e. The van der Waals surface area contributed by atoms with Crippen LogP contribution in [0, 0.1) is 5.82 Å². The van der Waals surface area contributed by atoms with E-state index in [4.69, 9.17) is 9.47 Å². The Morgan fingerprint density at radius 2 is 1.79 bits per heavy atom. The first-order valence-corrected chi connectivity index (χ1v) is 6.04. The van der Waals surface area contributed by atoms with Crippen LogP contribution in [0.2, 0.25) is 0 Å². The fraction of sp³-hybridized carbons (Fsp3) is 0.200. The fourth-order valence-corrected chi connectivity index (χ4v) is 2.08. The molecule has 0 saturated heterocycles. The van der Waals surface area contributed by atoms with E-state index >= 15 is 0 Å². The van der Waals surface area contributed by atoms with Gasteiger partial charge in [0.2, 0.25) is 6.79 Å². The van der Waals surface area contributed by atoms with Gasteiger partial charge in [0, 0.05) is 6.42 Å². The zero-order valence-electron chi connectivity index (χ0n) is 10.2. The number of ether oxygens (including phenoxy) is 2. The van der Waals surface area contributed by atoms with E-state index in [1.807, 2.05) is 6.07 Å². The molecule has 1 aliphatic rings. The molecule has 98 valence electrons. The molecule has 0 spiro atoms. The maximum absolute atomic E-state index is 12.8. The Bertz CT molecular complexity index is 580. The van der Waals surface area contributed by atoms with Crippen molar-refractivity contribution in [2.45, 2.75) is 12.5 Å². The quantitative estimate of drug-likeness (QED) is 0.922. The zero-order chi connectivity index (χ0) is 13.2. The smallest absolute Gasteiger partial charge is 0.231 e. The van der Waals surface area contributed by atoms with Gasteiger partial charge in [0.15, 0.2) is 11.5 Å². The summed E-state index contributed by atoms with van der Waals surface area (Å²) in [6.45, 7) is 0.215. The summed E-state index contributed by atoms with van der Waals surface area (Å²) >= 11 is 0. The van der Waals surface area contributed by atoms with Crippen molar-refractivity contribution in [3.05, 3.63) is 59.4 Å². The van der Waals surface area contributed by atoms with Gasteiger partial charge in [-0.2, -0.15) is 0 Å². The molecule has 2 aromatic rings. The van der Waals surface area contributed by atoms with Gasteiger partial charge < -0.3 is 14.6 Å². The predicted octanol–water partition coefficient (Wildman–Crippen LogP) is 2.83. The van der Waals surface area contributed by atoms with Crippen LogP contribution in [-0.4, -0.2) is 11.9 Å². The number of aliphatic hydroxyl groups is 1. The van der Waals surface area contributed by atoms with Gasteiger partial charge in [-0.25, -0.2) is 4.39 Å². The van der Waals surface area contributed by atoms with E-state index in [-0.39, 0.29) is 12.6 Å². The number of fused-ring (bicyclic) bond motifs is 1. The highest BCUT2D eigenvalue weighted by atomic mass is 19.1. The van der Waals surface area contributed by atoms with Gasteiger partial charge in [0.25, 0.3) is 0 Å². The summed E-state index contributed by atoms with van der Waals surface area (Å²) in [4.78, 5) is 0. The molecule has 2 aromatic carbocycles. The fourth-order valence-electron chi connectivity index (χ4n) is 2.08. The van der Waals surface area contributed by atoms with E-state index in [9.17, 15) is 9.50 Å². The SMILES string of the molecule is OC(Cc1ccc(F)cc1)c1ccc2c(c1)OCO2. The van der Waals surface area contributed by atoms with E-state index in [2.05, 4.69) is 0 Å². The highest BCUT2D eigenvalue weighted by molar-refractivity contribution is 5.45. The van der Waals surface area contributed by atoms with Gasteiger partial charge in [-0.3, -0.25) is 0 Å². The molecule has 0 aromatic heterocycles. The lowest BCUT2D eigenvalue weighted by atomic mass is 10.0. The van der Waals surface area contributed by atoms with Crippen molar-refractivity contribution in [2.24, 2.45) is 0 Å². The number of hydrogen-bond acceptors (Lipinski definition) is 3. The highest BCUT2D eigenvalue weighted by Crippen LogP contribution is 2.34. The minimum absolute atomic E-state index is 0.215. The summed E-state index contributed by atoms with van der Waals surface area (Å²) in [6, 6.07) is 11.5. The Morgan fingerprint density at radius 1 is 1.05 bits per heavy atom. The van der Waals surface area contributed by atoms with Crippen LogP contribution in [0.3, 0.4) is 0 Å². The largest absolute Gasteiger partial charge is 0.454 e. The van der Waals surface area contributed by atoms with E-state index < -0.39 is 6.10 Å². The van der Waals surface area contributed by atoms with Crippen molar-refractivity contribution in [2.75, 3.05) is 6.79 Å². The Balaban J connectivity index is 1.76. The molecule has 1 aliphatic heterocycles. The maximum atomic E-state index is 12.8. The van der Waals surface area contributed by atoms with E-state index in [0.717, 1.165) is 11.1 Å². The van der Waals surface area contributed by atoms with Gasteiger partial charge in [0.1, 0.15) is 5.82 Å². The number of hydrogen-bond donors (Lipinski definition) is 1. The molecular formula is C15H13FO3. The molecule has 19 heavy (non-hydrogen) atoms. The normalized spacial score (nSPS) is 14.4. The second kappa shape index (κ2) is 4.90. The average Bonchev–Trinajstić information content (AvgIpc) is 2.88. The van der Waals surface area contributed by atoms with Crippen LogP contribution >= 0.6 is 0 Å². The molecule has 0 aliphatic carbocycles. The highest BCUT2D eigenvalue weighted by Gasteiger charge is 2.16. The minimum Gasteiger partial charge on any atom is -0.454 e. The molecule has 1 heterocycles. The molecule has 3 rings (SSSR count). The lowest BCUT2D eigenvalue weighted by molar-refractivity contribution is 0.171. The molecule has 3 nitrogen and oxygen atoms in total. The first kappa shape index (κ1) is 12.0. The van der Waals surface area contributed by atoms with Crippen molar-refractivity contribution in [1.82, 2.24) is 0 Å². The number of rotatable bonds is 3. The molecule has 0 saturated carbocycles. The van der Waals surface area contributed by atoms with E-state index in [1.54, 1.807) is 24.3 Å². The van der Waals surface area contributed by atoms with Crippen molar-refractivity contribution in [3.8, 4) is 11.5 Å². The Morgan fingerprint density at radius 3 is 2.58 bits per heavy atom. The summed E-state index contributed by atoms with van der Waals surface area (Å²) < 4.78 is 23.3. The van der Waals surface area contributed by atoms with Gasteiger partial charge in [0.05, 0.1) is 6.10 Å². The standard InChI is InChI=1S/C15H13FO3/c16-12-4-1-10(2-5-12)7-13(17)11-3-6-14-15(8-11)19-9-18-14/h1-6,8,13,17H,7,9H2. The third kappa shape index (κ3) is 2.53. The molecule has 1 atom stereocenters. The topological polar surface area (TPSA) is 38.7 Å². The molecular weight excluding hydrogens is 247 g/mol. The van der Waals surface area contributed by atoms with E-state index in [1.165, 1.54) is 12.1 Å². The first-order valence-electron chi connectivity index (χ1n) is 6.04. The monoisotopic (exact) mass is 260 g/mol. The third-order valence-electron chi connectivity index (χ3n) is 3.12. The third-order valence-corrected chi connectivity index (χ3v) is 3.12. The van der Waals surface area contributed by atoms with Gasteiger partial charge in [-0.05, 0) is 35.4 Å². The number of aliphatic hydroxyl groups excluding tert-OH is 1. The molecule has 0 amide bonds. The summed E-state index contributed by atoms with van der Waals surface area (Å²) in [5.41, 5.74) is 1.64. The van der Waals surface area contributed by atoms with Crippen LogP contribution in [-0.2, 0) is 6.42 Å². The minimum atomic E-state index is -0.653. The van der Waals surface area contributed by atoms with Crippen LogP contribution in [0.5, 0.6) is 11.5 Å². The summed E-state index contributed by atoms with van der Waals surface area (Å²) in [6.07, 6.45) is -0.222. The second-order valence-electron chi connectivity index (χ2n) is 4.46. The van der Waals surface area contributed by atoms with Crippen molar-refractivity contribution < 1.29 is 19.0 Å². The summed E-state index contributed by atoms with van der Waals surface area (Å²) in [7, 11) is 0. The van der Waals surface area contributed by atoms with Crippen LogP contribution in [0.15, 0.2) is 42.5 Å². The molecule has 0 radical (unpaired) electrons. The molecule has 4 heteroatoms. The summed E-state index contributed by atoms with van der Waals surface area (Å²) in [5.74, 6) is 1.06. The Labute approximate surface area is 110 Å². The van der Waals surface area contributed by atoms with Crippen molar-refractivity contribution in [3.63, 3.8) is 0 Å². The lowest BCUT2D eigenvalue weighted by Crippen LogP contribution is -2.01. The Kier molecular flexibility index (Phi) is 3.09. The van der Waals surface area contributed by atoms with Crippen molar-refractivity contribution >= 4 is 0 Å². The number of halogens is 1. The van der Waals surface area contributed by atoms with Crippen LogP contribution < -0.4 is 9.47 Å². The molecule has 1 N–H and O–H groups in total. The van der Waals surface area contributed by atoms with Crippen LogP contribution in [0.1, 0.15) is 17.2 Å². The molecule has 0 fully saturated rings. The average molecular weight is 260 g/mol. The van der Waals surface area contributed by atoms with Gasteiger partial charge in [-0.15, -0.1) is 0 Å². The van der Waals surface area contributed by atoms with Gasteiger partial charge in [-0.1, -0.05) is 18.2 Å². The van der Waals surface area contributed by atoms with Crippen LogP contribution in [0.4, 0.5) is 4.39 Å². The van der Waals surface area contributed by atoms with E-state index in [0.29, 0.717) is 17.9 Å². The predicted molar refractivity (Wildman–Crippen MR) is 67.6 cm³/mol. The zero-order valence-corrected chi connectivity index (χ0v) is 10.2.